The van der Waals surface area contributed by atoms with Crippen molar-refractivity contribution in [1.82, 2.24) is 9.80 Å². The van der Waals surface area contributed by atoms with Crippen LogP contribution in [-0.2, 0) is 14.3 Å². The molecule has 0 radical (unpaired) electrons. The molecule has 1 unspecified atom stereocenters. The van der Waals surface area contributed by atoms with Gasteiger partial charge in [-0.1, -0.05) is 6.07 Å². The van der Waals surface area contributed by atoms with Gasteiger partial charge in [0.2, 0.25) is 11.8 Å². The molecule has 0 saturated carbocycles. The second kappa shape index (κ2) is 8.02. The maximum atomic E-state index is 13.0. The van der Waals surface area contributed by atoms with E-state index in [1.165, 1.54) is 0 Å². The van der Waals surface area contributed by atoms with E-state index in [0.29, 0.717) is 63.4 Å². The Bertz CT molecular complexity index is 873. The van der Waals surface area contributed by atoms with Crippen LogP contribution in [0.25, 0.3) is 0 Å². The van der Waals surface area contributed by atoms with E-state index < -0.39 is 5.60 Å². The van der Waals surface area contributed by atoms with Gasteiger partial charge in [-0.05, 0) is 31.0 Å². The molecular weight excluding hydrogens is 384 g/mol. The number of ketones is 1. The first-order valence-corrected chi connectivity index (χ1v) is 10.7. The van der Waals surface area contributed by atoms with Crippen molar-refractivity contribution >= 4 is 17.6 Å². The largest absolute Gasteiger partial charge is 0.486 e. The molecule has 3 aliphatic heterocycles. The topological polar surface area (TPSA) is 76.2 Å². The van der Waals surface area contributed by atoms with Gasteiger partial charge in [-0.3, -0.25) is 14.4 Å². The number of hydrogen-bond acceptors (Lipinski definition) is 5. The monoisotopic (exact) mass is 414 g/mol. The molecule has 1 atom stereocenters. The molecule has 2 saturated heterocycles. The number of nitrogens with zero attached hydrogens (tertiary/aromatic N) is 2. The summed E-state index contributed by atoms with van der Waals surface area (Å²) >= 11 is 0. The van der Waals surface area contributed by atoms with Crippen molar-refractivity contribution in [2.24, 2.45) is 5.92 Å². The van der Waals surface area contributed by atoms with E-state index in [4.69, 9.17) is 9.47 Å². The summed E-state index contributed by atoms with van der Waals surface area (Å²) in [5.41, 5.74) is 2.20. The highest BCUT2D eigenvalue weighted by molar-refractivity contribution is 6.01. The van der Waals surface area contributed by atoms with Gasteiger partial charge in [0, 0.05) is 52.6 Å². The minimum atomic E-state index is -0.531. The normalized spacial score (nSPS) is 23.0. The number of methoxy groups -OCH3 is 1. The summed E-state index contributed by atoms with van der Waals surface area (Å²) in [6.07, 6.45) is 1.89. The molecule has 7 nitrogen and oxygen atoms in total. The average Bonchev–Trinajstić information content (AvgIpc) is 3.06. The van der Waals surface area contributed by atoms with Crippen molar-refractivity contribution in [1.29, 1.82) is 0 Å². The van der Waals surface area contributed by atoms with E-state index in [-0.39, 0.29) is 29.9 Å². The summed E-state index contributed by atoms with van der Waals surface area (Å²) < 4.78 is 11.4. The fraction of sp³-hybridized carbons (Fsp3) is 0.609. The molecule has 3 aliphatic rings. The summed E-state index contributed by atoms with van der Waals surface area (Å²) in [7, 11) is 1.60. The number of amides is 2. The standard InChI is InChI=1S/C23H30N2O5/c1-15-10-16(2)21-18(26)13-23(30-19(21)11-15)4-6-24(7-5-23)22(28)17-12-20(27)25(14-17)8-9-29-3/h10-11,17H,4-9,12-14H2,1-3H3. The van der Waals surface area contributed by atoms with Gasteiger partial charge in [0.15, 0.2) is 5.78 Å². The summed E-state index contributed by atoms with van der Waals surface area (Å²) in [6, 6.07) is 3.95. The van der Waals surface area contributed by atoms with E-state index in [0.717, 1.165) is 11.1 Å². The van der Waals surface area contributed by atoms with Crippen molar-refractivity contribution in [2.75, 3.05) is 39.9 Å². The Morgan fingerprint density at radius 3 is 2.67 bits per heavy atom. The lowest BCUT2D eigenvalue weighted by Gasteiger charge is -2.44. The first kappa shape index (κ1) is 20.8. The summed E-state index contributed by atoms with van der Waals surface area (Å²) in [4.78, 5) is 41.6. The first-order valence-electron chi connectivity index (χ1n) is 10.7. The molecule has 1 aromatic rings. The third-order valence-electron chi connectivity index (χ3n) is 6.65. The van der Waals surface area contributed by atoms with Crippen LogP contribution in [-0.4, -0.2) is 72.9 Å². The molecule has 162 valence electrons. The van der Waals surface area contributed by atoms with Crippen LogP contribution < -0.4 is 4.74 Å². The lowest BCUT2D eigenvalue weighted by molar-refractivity contribution is -0.139. The van der Waals surface area contributed by atoms with E-state index >= 15 is 0 Å². The quantitative estimate of drug-likeness (QED) is 0.754. The Morgan fingerprint density at radius 2 is 1.97 bits per heavy atom. The number of piperidine rings is 1. The predicted octanol–water partition coefficient (Wildman–Crippen LogP) is 2.12. The van der Waals surface area contributed by atoms with E-state index in [2.05, 4.69) is 0 Å². The van der Waals surface area contributed by atoms with Gasteiger partial charge in [-0.15, -0.1) is 0 Å². The molecule has 2 fully saturated rings. The van der Waals surface area contributed by atoms with Gasteiger partial charge in [-0.2, -0.15) is 0 Å². The van der Waals surface area contributed by atoms with Crippen molar-refractivity contribution in [3.05, 3.63) is 28.8 Å². The number of carbonyl (C=O) groups is 3. The SMILES string of the molecule is COCCN1CC(C(=O)N2CCC3(CC2)CC(=O)c2c(C)cc(C)cc2O3)CC1=O. The zero-order valence-electron chi connectivity index (χ0n) is 18.0. The van der Waals surface area contributed by atoms with Crippen LogP contribution in [0.15, 0.2) is 12.1 Å². The Balaban J connectivity index is 1.40. The van der Waals surface area contributed by atoms with Crippen molar-refractivity contribution in [2.45, 2.75) is 45.1 Å². The molecule has 1 spiro atoms. The van der Waals surface area contributed by atoms with E-state index in [9.17, 15) is 14.4 Å². The molecular formula is C23H30N2O5. The van der Waals surface area contributed by atoms with Crippen LogP contribution in [0.4, 0.5) is 0 Å². The Kier molecular flexibility index (Phi) is 5.57. The Hall–Kier alpha value is -2.41. The fourth-order valence-corrected chi connectivity index (χ4v) is 5.04. The van der Waals surface area contributed by atoms with Crippen molar-refractivity contribution < 1.29 is 23.9 Å². The Morgan fingerprint density at radius 1 is 1.23 bits per heavy atom. The number of likely N-dealkylation sites (tertiary alicyclic amines) is 2. The smallest absolute Gasteiger partial charge is 0.227 e. The number of fused-ring (bicyclic) bond motifs is 1. The second-order valence-electron chi connectivity index (χ2n) is 8.90. The zero-order valence-corrected chi connectivity index (χ0v) is 18.0. The summed E-state index contributed by atoms with van der Waals surface area (Å²) in [5.74, 6) is 0.570. The van der Waals surface area contributed by atoms with Gasteiger partial charge in [-0.25, -0.2) is 0 Å². The van der Waals surface area contributed by atoms with Crippen LogP contribution in [0.3, 0.4) is 0 Å². The summed E-state index contributed by atoms with van der Waals surface area (Å²) in [6.45, 7) is 6.52. The minimum absolute atomic E-state index is 0.0161. The Labute approximate surface area is 177 Å². The van der Waals surface area contributed by atoms with Crippen LogP contribution >= 0.6 is 0 Å². The highest BCUT2D eigenvalue weighted by Crippen LogP contribution is 2.41. The maximum Gasteiger partial charge on any atom is 0.227 e. The van der Waals surface area contributed by atoms with Crippen molar-refractivity contribution in [3.8, 4) is 5.75 Å². The van der Waals surface area contributed by atoms with Crippen molar-refractivity contribution in [3.63, 3.8) is 0 Å². The number of Topliss-reactive ketones (excluding diaryl/α,β-unsaturated/α-hetero) is 1. The van der Waals surface area contributed by atoms with Gasteiger partial charge >= 0.3 is 0 Å². The molecule has 3 heterocycles. The van der Waals surface area contributed by atoms with Gasteiger partial charge in [0.05, 0.1) is 24.5 Å². The summed E-state index contributed by atoms with van der Waals surface area (Å²) in [5, 5.41) is 0. The van der Waals surface area contributed by atoms with Crippen LogP contribution in [0.5, 0.6) is 5.75 Å². The molecule has 1 aromatic carbocycles. The predicted molar refractivity (Wildman–Crippen MR) is 111 cm³/mol. The molecule has 4 rings (SSSR count). The second-order valence-corrected chi connectivity index (χ2v) is 8.90. The van der Waals surface area contributed by atoms with Crippen LogP contribution in [0.1, 0.15) is 47.2 Å². The molecule has 0 bridgehead atoms. The van der Waals surface area contributed by atoms with Gasteiger partial charge in [0.1, 0.15) is 11.4 Å². The third kappa shape index (κ3) is 3.83. The highest BCUT2D eigenvalue weighted by Gasteiger charge is 2.45. The van der Waals surface area contributed by atoms with Crippen LogP contribution in [0, 0.1) is 19.8 Å². The van der Waals surface area contributed by atoms with E-state index in [1.54, 1.807) is 12.0 Å². The first-order chi connectivity index (χ1) is 14.3. The highest BCUT2D eigenvalue weighted by atomic mass is 16.5. The number of hydrogen-bond donors (Lipinski definition) is 0. The zero-order chi connectivity index (χ0) is 21.5. The fourth-order valence-electron chi connectivity index (χ4n) is 5.04. The van der Waals surface area contributed by atoms with E-state index in [1.807, 2.05) is 30.9 Å². The van der Waals surface area contributed by atoms with Gasteiger partial charge < -0.3 is 19.3 Å². The molecule has 30 heavy (non-hydrogen) atoms. The number of ether oxygens (including phenoxy) is 2. The number of aryl methyl sites for hydroxylation is 2. The van der Waals surface area contributed by atoms with Gasteiger partial charge in [0.25, 0.3) is 0 Å². The minimum Gasteiger partial charge on any atom is -0.486 e. The average molecular weight is 415 g/mol. The third-order valence-corrected chi connectivity index (χ3v) is 6.65. The molecule has 0 N–H and O–H groups in total. The maximum absolute atomic E-state index is 13.0. The molecule has 2 amide bonds. The number of benzene rings is 1. The number of carbonyl (C=O) groups excluding carboxylic acids is 3. The van der Waals surface area contributed by atoms with Crippen LogP contribution in [0.2, 0.25) is 0 Å². The number of rotatable bonds is 4. The molecule has 0 aromatic heterocycles. The lowest BCUT2D eigenvalue weighted by atomic mass is 9.81. The molecule has 0 aliphatic carbocycles. The molecule has 7 heteroatoms. The lowest BCUT2D eigenvalue weighted by Crippen LogP contribution is -2.53.